The summed E-state index contributed by atoms with van der Waals surface area (Å²) in [6.45, 7) is 6.85. The van der Waals surface area contributed by atoms with Crippen LogP contribution in [0.15, 0.2) is 36.2 Å². The maximum atomic E-state index is 12.9. The van der Waals surface area contributed by atoms with Crippen molar-refractivity contribution in [3.63, 3.8) is 0 Å². The van der Waals surface area contributed by atoms with Crippen LogP contribution in [0.25, 0.3) is 6.08 Å². The molecule has 0 radical (unpaired) electrons. The molecule has 0 unspecified atom stereocenters. The Bertz CT molecular complexity index is 964. The molecule has 2 aromatic rings. The summed E-state index contributed by atoms with van der Waals surface area (Å²) >= 11 is 5.37. The van der Waals surface area contributed by atoms with Crippen molar-refractivity contribution < 1.29 is 14.3 Å². The van der Waals surface area contributed by atoms with Gasteiger partial charge in [0.25, 0.3) is 5.91 Å². The normalized spacial score (nSPS) is 18.9. The fraction of sp³-hybridized carbons (Fsp3) is 0.381. The molecule has 2 aliphatic heterocycles. The van der Waals surface area contributed by atoms with E-state index in [0.717, 1.165) is 49.9 Å². The number of ether oxygens (including phenoxy) is 2. The number of anilines is 1. The zero-order valence-electron chi connectivity index (χ0n) is 17.1. The van der Waals surface area contributed by atoms with Crippen LogP contribution in [0, 0.1) is 6.92 Å². The summed E-state index contributed by atoms with van der Waals surface area (Å²) in [7, 11) is 1.81. The van der Waals surface area contributed by atoms with E-state index >= 15 is 0 Å². The summed E-state index contributed by atoms with van der Waals surface area (Å²) in [5.74, 6) is 0.612. The highest BCUT2D eigenvalue weighted by molar-refractivity contribution is 7.80. The highest BCUT2D eigenvalue weighted by atomic mass is 32.1. The molecule has 0 atom stereocenters. The van der Waals surface area contributed by atoms with E-state index in [1.807, 2.05) is 38.2 Å². The number of carbonyl (C=O) groups excluding carboxylic acids is 1. The highest BCUT2D eigenvalue weighted by Gasteiger charge is 2.33. The van der Waals surface area contributed by atoms with Gasteiger partial charge >= 0.3 is 0 Å². The summed E-state index contributed by atoms with van der Waals surface area (Å²) in [5, 5.41) is 7.65. The number of nitrogens with zero attached hydrogens (tertiary/aromatic N) is 4. The van der Waals surface area contributed by atoms with E-state index in [1.54, 1.807) is 17.0 Å². The number of thiocarbonyl (C=S) groups is 1. The van der Waals surface area contributed by atoms with Crippen LogP contribution in [0.5, 0.6) is 5.75 Å². The first-order valence-electron chi connectivity index (χ1n) is 9.91. The number of nitrogens with one attached hydrogen (secondary N) is 1. The van der Waals surface area contributed by atoms with Gasteiger partial charge in [-0.25, -0.2) is 4.90 Å². The summed E-state index contributed by atoms with van der Waals surface area (Å²) in [5.41, 5.74) is 2.76. The number of carbonyl (C=O) groups is 1. The second-order valence-electron chi connectivity index (χ2n) is 7.27. The van der Waals surface area contributed by atoms with Gasteiger partial charge in [0.05, 0.1) is 24.6 Å². The first kappa shape index (κ1) is 20.5. The fourth-order valence-electron chi connectivity index (χ4n) is 3.50. The molecule has 1 aromatic carbocycles. The molecule has 3 heterocycles. The number of hydrogen-bond donors (Lipinski definition) is 1. The third-order valence-corrected chi connectivity index (χ3v) is 5.36. The van der Waals surface area contributed by atoms with Gasteiger partial charge < -0.3 is 14.8 Å². The van der Waals surface area contributed by atoms with E-state index in [4.69, 9.17) is 21.7 Å². The van der Waals surface area contributed by atoms with Crippen molar-refractivity contribution in [2.75, 3.05) is 44.4 Å². The second kappa shape index (κ2) is 8.95. The lowest BCUT2D eigenvalue weighted by Gasteiger charge is -2.26. The number of morpholine rings is 1. The molecule has 158 valence electrons. The number of rotatable bonds is 6. The van der Waals surface area contributed by atoms with Gasteiger partial charge in [0.1, 0.15) is 18.1 Å². The maximum Gasteiger partial charge on any atom is 0.281 e. The van der Waals surface area contributed by atoms with Crippen molar-refractivity contribution in [1.29, 1.82) is 0 Å². The molecular weight excluding hydrogens is 402 g/mol. The van der Waals surface area contributed by atoms with Gasteiger partial charge in [-0.3, -0.25) is 14.4 Å². The third-order valence-electron chi connectivity index (χ3n) is 5.08. The van der Waals surface area contributed by atoms with E-state index in [2.05, 4.69) is 15.3 Å². The SMILES string of the molecule is Cc1nn(C)cc1N1C(=O)/C(=C\c2ccc(OCCN3CCOCC3)cc2)NC1=S. The van der Waals surface area contributed by atoms with E-state index in [1.165, 1.54) is 4.90 Å². The van der Waals surface area contributed by atoms with Crippen LogP contribution in [-0.4, -0.2) is 65.2 Å². The average molecular weight is 428 g/mol. The van der Waals surface area contributed by atoms with Crippen LogP contribution in [0.3, 0.4) is 0 Å². The molecule has 2 fully saturated rings. The van der Waals surface area contributed by atoms with Crippen molar-refractivity contribution in [3.05, 3.63) is 47.4 Å². The lowest BCUT2D eigenvalue weighted by molar-refractivity contribution is -0.113. The Hall–Kier alpha value is -2.75. The molecule has 2 aliphatic rings. The van der Waals surface area contributed by atoms with E-state index in [0.29, 0.717) is 23.1 Å². The number of benzene rings is 1. The Morgan fingerprint density at radius 2 is 2.00 bits per heavy atom. The molecule has 0 saturated carbocycles. The molecule has 4 rings (SSSR count). The minimum absolute atomic E-state index is 0.193. The summed E-state index contributed by atoms with van der Waals surface area (Å²) in [6, 6.07) is 7.67. The van der Waals surface area contributed by atoms with Crippen molar-refractivity contribution in [2.45, 2.75) is 6.92 Å². The fourth-order valence-corrected chi connectivity index (χ4v) is 3.80. The summed E-state index contributed by atoms with van der Waals surface area (Å²) in [4.78, 5) is 16.7. The van der Waals surface area contributed by atoms with Gasteiger partial charge in [0.15, 0.2) is 5.11 Å². The second-order valence-corrected chi connectivity index (χ2v) is 7.66. The molecule has 0 bridgehead atoms. The molecule has 8 nitrogen and oxygen atoms in total. The molecule has 1 N–H and O–H groups in total. The molecule has 1 amide bonds. The standard InChI is InChI=1S/C21H25N5O3S/c1-15-19(14-24(2)23-15)26-20(27)18(22-21(26)30)13-16-3-5-17(6-4-16)29-12-9-25-7-10-28-11-8-25/h3-6,13-14H,7-12H2,1-2H3,(H,22,30)/b18-13+. The van der Waals surface area contributed by atoms with Crippen molar-refractivity contribution >= 4 is 35.0 Å². The van der Waals surface area contributed by atoms with E-state index in [9.17, 15) is 4.79 Å². The Kier molecular flexibility index (Phi) is 6.12. The minimum atomic E-state index is -0.193. The third kappa shape index (κ3) is 4.53. The minimum Gasteiger partial charge on any atom is -0.492 e. The van der Waals surface area contributed by atoms with Crippen LogP contribution in [0.2, 0.25) is 0 Å². The Balaban J connectivity index is 1.38. The van der Waals surface area contributed by atoms with Gasteiger partial charge in [-0.1, -0.05) is 12.1 Å². The Morgan fingerprint density at radius 3 is 2.67 bits per heavy atom. The van der Waals surface area contributed by atoms with Gasteiger partial charge in [-0.15, -0.1) is 0 Å². The first-order chi connectivity index (χ1) is 14.5. The van der Waals surface area contributed by atoms with Crippen molar-refractivity contribution in [1.82, 2.24) is 20.0 Å². The maximum absolute atomic E-state index is 12.9. The topological polar surface area (TPSA) is 71.9 Å². The quantitative estimate of drug-likeness (QED) is 0.556. The number of amides is 1. The van der Waals surface area contributed by atoms with Gasteiger partial charge in [-0.2, -0.15) is 5.10 Å². The van der Waals surface area contributed by atoms with Crippen LogP contribution < -0.4 is 15.0 Å². The molecular formula is C21H25N5O3S. The largest absolute Gasteiger partial charge is 0.492 e. The van der Waals surface area contributed by atoms with Crippen LogP contribution in [-0.2, 0) is 16.6 Å². The van der Waals surface area contributed by atoms with E-state index in [-0.39, 0.29) is 5.91 Å². The molecule has 0 spiro atoms. The molecule has 1 aromatic heterocycles. The lowest BCUT2D eigenvalue weighted by Crippen LogP contribution is -2.38. The molecule has 2 saturated heterocycles. The van der Waals surface area contributed by atoms with Crippen LogP contribution >= 0.6 is 12.2 Å². The van der Waals surface area contributed by atoms with Gasteiger partial charge in [-0.05, 0) is 42.9 Å². The van der Waals surface area contributed by atoms with Crippen LogP contribution in [0.1, 0.15) is 11.3 Å². The van der Waals surface area contributed by atoms with Gasteiger partial charge in [0, 0.05) is 32.9 Å². The molecule has 9 heteroatoms. The predicted molar refractivity (Wildman–Crippen MR) is 118 cm³/mol. The monoisotopic (exact) mass is 427 g/mol. The summed E-state index contributed by atoms with van der Waals surface area (Å²) in [6.07, 6.45) is 3.57. The molecule has 0 aliphatic carbocycles. The van der Waals surface area contributed by atoms with Crippen molar-refractivity contribution in [3.8, 4) is 5.75 Å². The number of hydrogen-bond acceptors (Lipinski definition) is 6. The number of aromatic nitrogens is 2. The first-order valence-corrected chi connectivity index (χ1v) is 10.3. The summed E-state index contributed by atoms with van der Waals surface area (Å²) < 4.78 is 12.9. The lowest BCUT2D eigenvalue weighted by atomic mass is 10.2. The Labute approximate surface area is 181 Å². The highest BCUT2D eigenvalue weighted by Crippen LogP contribution is 2.25. The van der Waals surface area contributed by atoms with Gasteiger partial charge in [0.2, 0.25) is 0 Å². The number of aryl methyl sites for hydroxylation is 2. The zero-order valence-corrected chi connectivity index (χ0v) is 17.9. The molecule has 30 heavy (non-hydrogen) atoms. The van der Waals surface area contributed by atoms with Crippen molar-refractivity contribution in [2.24, 2.45) is 7.05 Å². The van der Waals surface area contributed by atoms with E-state index < -0.39 is 0 Å². The Morgan fingerprint density at radius 1 is 1.27 bits per heavy atom. The average Bonchev–Trinajstić information content (AvgIpc) is 3.20. The van der Waals surface area contributed by atoms with Crippen LogP contribution in [0.4, 0.5) is 5.69 Å². The predicted octanol–water partition coefficient (Wildman–Crippen LogP) is 1.70. The smallest absolute Gasteiger partial charge is 0.281 e. The zero-order chi connectivity index (χ0) is 21.1.